The molecule has 46 heavy (non-hydrogen) atoms. The number of nitrogens with zero attached hydrogens (tertiary/aromatic N) is 1. The van der Waals surface area contributed by atoms with E-state index in [2.05, 4.69) is 22.5 Å². The zero-order valence-electron chi connectivity index (χ0n) is 27.9. The highest BCUT2D eigenvalue weighted by molar-refractivity contribution is 5.90. The minimum Gasteiger partial charge on any atom is -0.459 e. The van der Waals surface area contributed by atoms with Crippen LogP contribution in [0.1, 0.15) is 102 Å². The Labute approximate surface area is 273 Å². The van der Waals surface area contributed by atoms with Gasteiger partial charge in [-0.3, -0.25) is 19.3 Å². The Morgan fingerprint density at radius 3 is 2.33 bits per heavy atom. The highest BCUT2D eigenvalue weighted by Crippen LogP contribution is 2.42. The summed E-state index contributed by atoms with van der Waals surface area (Å²) in [6, 6.07) is 15.0. The van der Waals surface area contributed by atoms with Crippen molar-refractivity contribution in [1.82, 2.24) is 10.2 Å². The highest BCUT2D eigenvalue weighted by Gasteiger charge is 2.42. The van der Waals surface area contributed by atoms with Crippen LogP contribution in [0.4, 0.5) is 5.69 Å². The van der Waals surface area contributed by atoms with Gasteiger partial charge in [0, 0.05) is 43.6 Å². The number of ether oxygens (including phenoxy) is 3. The molecular formula is C36H51N3O7. The molecule has 2 amide bonds. The van der Waals surface area contributed by atoms with Gasteiger partial charge < -0.3 is 30.0 Å². The number of likely N-dealkylation sites (tertiary alicyclic amines) is 1. The summed E-state index contributed by atoms with van der Waals surface area (Å²) in [7, 11) is 0. The molecule has 2 aromatic rings. The molecule has 4 rings (SSSR count). The van der Waals surface area contributed by atoms with E-state index in [1.165, 1.54) is 6.92 Å². The molecule has 2 aliphatic heterocycles. The number of amides is 2. The average molecular weight is 638 g/mol. The quantitative estimate of drug-likeness (QED) is 0.197. The smallest absolute Gasteiger partial charge is 0.323 e. The van der Waals surface area contributed by atoms with E-state index in [1.807, 2.05) is 69.3 Å². The molecule has 2 aliphatic rings. The van der Waals surface area contributed by atoms with E-state index in [0.29, 0.717) is 25.2 Å². The van der Waals surface area contributed by atoms with E-state index < -0.39 is 11.9 Å². The van der Waals surface area contributed by atoms with Gasteiger partial charge in [-0.1, -0.05) is 49.7 Å². The summed E-state index contributed by atoms with van der Waals surface area (Å²) < 4.78 is 19.0. The monoisotopic (exact) mass is 637 g/mol. The van der Waals surface area contributed by atoms with Gasteiger partial charge in [0.05, 0.1) is 18.8 Å². The van der Waals surface area contributed by atoms with Gasteiger partial charge in [0.15, 0.2) is 6.29 Å². The molecule has 2 saturated heterocycles. The molecule has 0 spiro atoms. The minimum absolute atomic E-state index is 0.0204. The highest BCUT2D eigenvalue weighted by atomic mass is 16.7. The number of rotatable bonds is 13. The number of benzene rings is 2. The third-order valence-corrected chi connectivity index (χ3v) is 8.50. The Hall–Kier alpha value is -3.31. The maximum Gasteiger partial charge on any atom is 0.323 e. The number of aliphatic hydroxyl groups excluding tert-OH is 1. The summed E-state index contributed by atoms with van der Waals surface area (Å²) in [4.78, 5) is 38.7. The number of hydrogen-bond donors (Lipinski definition) is 3. The fourth-order valence-electron chi connectivity index (χ4n) is 6.04. The van der Waals surface area contributed by atoms with Crippen LogP contribution >= 0.6 is 0 Å². The van der Waals surface area contributed by atoms with Gasteiger partial charge in [0.25, 0.3) is 0 Å². The summed E-state index contributed by atoms with van der Waals surface area (Å²) in [5, 5.41) is 15.3. The third kappa shape index (κ3) is 10.4. The van der Waals surface area contributed by atoms with Crippen molar-refractivity contribution >= 4 is 23.5 Å². The van der Waals surface area contributed by atoms with E-state index >= 15 is 0 Å². The predicted octanol–water partition coefficient (Wildman–Crippen LogP) is 5.41. The van der Waals surface area contributed by atoms with E-state index in [9.17, 15) is 19.5 Å². The fraction of sp³-hybridized carbons (Fsp3) is 0.583. The van der Waals surface area contributed by atoms with Gasteiger partial charge in [-0.2, -0.15) is 0 Å². The molecule has 5 atom stereocenters. The van der Waals surface area contributed by atoms with E-state index in [-0.39, 0.29) is 48.6 Å². The SMILES string of the molecule is CC(=O)NCCCCCC(=O)Nc1ccc([C@@H]2O[C@H](CN3CCC[C@H]3C(=O)OC(C)(C)C)[C@H](C)[C@H](c3ccc(CO)cc3)O2)cc1. The Morgan fingerprint density at radius 2 is 1.67 bits per heavy atom. The molecule has 0 unspecified atom stereocenters. The molecular weight excluding hydrogens is 586 g/mol. The molecule has 0 radical (unpaired) electrons. The predicted molar refractivity (Wildman–Crippen MR) is 176 cm³/mol. The number of nitrogens with one attached hydrogen (secondary N) is 2. The molecule has 0 bridgehead atoms. The second-order valence-corrected chi connectivity index (χ2v) is 13.5. The van der Waals surface area contributed by atoms with Crippen LogP contribution in [-0.4, -0.2) is 65.2 Å². The van der Waals surface area contributed by atoms with Crippen LogP contribution in [0.25, 0.3) is 0 Å². The molecule has 10 heteroatoms. The number of unbranched alkanes of at least 4 members (excludes halogenated alkanes) is 2. The maximum atomic E-state index is 13.1. The molecule has 2 aromatic carbocycles. The lowest BCUT2D eigenvalue weighted by Gasteiger charge is -2.43. The van der Waals surface area contributed by atoms with Crippen LogP contribution in [0.5, 0.6) is 0 Å². The van der Waals surface area contributed by atoms with Crippen LogP contribution in [0, 0.1) is 5.92 Å². The second-order valence-electron chi connectivity index (χ2n) is 13.5. The van der Waals surface area contributed by atoms with E-state index in [4.69, 9.17) is 14.2 Å². The minimum atomic E-state index is -0.653. The summed E-state index contributed by atoms with van der Waals surface area (Å²) >= 11 is 0. The first-order valence-electron chi connectivity index (χ1n) is 16.6. The molecule has 252 valence electrons. The molecule has 10 nitrogen and oxygen atoms in total. The number of carbonyl (C=O) groups excluding carboxylic acids is 3. The lowest BCUT2D eigenvalue weighted by atomic mass is 9.90. The van der Waals surface area contributed by atoms with Gasteiger partial charge in [-0.05, 0) is 76.3 Å². The molecule has 0 saturated carbocycles. The lowest BCUT2D eigenvalue weighted by molar-refractivity contribution is -0.276. The third-order valence-electron chi connectivity index (χ3n) is 8.50. The summed E-state index contributed by atoms with van der Waals surface area (Å²) in [6.07, 6.45) is 3.38. The van der Waals surface area contributed by atoms with Crippen molar-refractivity contribution in [2.24, 2.45) is 5.92 Å². The van der Waals surface area contributed by atoms with Gasteiger partial charge >= 0.3 is 5.97 Å². The Balaban J connectivity index is 1.44. The Morgan fingerprint density at radius 1 is 0.978 bits per heavy atom. The summed E-state index contributed by atoms with van der Waals surface area (Å²) in [6.45, 7) is 11.2. The molecule has 3 N–H and O–H groups in total. The fourth-order valence-corrected chi connectivity index (χ4v) is 6.04. The Kier molecular flexibility index (Phi) is 12.7. The molecule has 0 aromatic heterocycles. The maximum absolute atomic E-state index is 13.1. The van der Waals surface area contributed by atoms with Crippen molar-refractivity contribution in [2.45, 2.75) is 110 Å². The van der Waals surface area contributed by atoms with Gasteiger partial charge in [-0.25, -0.2) is 0 Å². The first-order valence-corrected chi connectivity index (χ1v) is 16.6. The van der Waals surface area contributed by atoms with E-state index in [1.54, 1.807) is 0 Å². The first kappa shape index (κ1) is 35.5. The van der Waals surface area contributed by atoms with Crippen LogP contribution < -0.4 is 10.6 Å². The van der Waals surface area contributed by atoms with Crippen LogP contribution in [0.3, 0.4) is 0 Å². The van der Waals surface area contributed by atoms with Crippen molar-refractivity contribution < 1.29 is 33.7 Å². The number of carbonyl (C=O) groups is 3. The first-order chi connectivity index (χ1) is 21.9. The average Bonchev–Trinajstić information content (AvgIpc) is 3.48. The molecule has 0 aliphatic carbocycles. The number of esters is 1. The van der Waals surface area contributed by atoms with Gasteiger partial charge in [0.1, 0.15) is 11.6 Å². The summed E-state index contributed by atoms with van der Waals surface area (Å²) in [5.74, 6) is -0.309. The summed E-state index contributed by atoms with van der Waals surface area (Å²) in [5.41, 5.74) is 2.80. The van der Waals surface area contributed by atoms with Gasteiger partial charge in [-0.15, -0.1) is 0 Å². The van der Waals surface area contributed by atoms with Crippen LogP contribution in [0.2, 0.25) is 0 Å². The van der Waals surface area contributed by atoms with Crippen molar-refractivity contribution in [2.75, 3.05) is 25.0 Å². The largest absolute Gasteiger partial charge is 0.459 e. The molecule has 2 heterocycles. The van der Waals surface area contributed by atoms with Gasteiger partial charge in [0.2, 0.25) is 11.8 Å². The second kappa shape index (κ2) is 16.5. The van der Waals surface area contributed by atoms with Crippen LogP contribution in [-0.2, 0) is 35.2 Å². The zero-order chi connectivity index (χ0) is 33.3. The normalized spacial score (nSPS) is 23.6. The topological polar surface area (TPSA) is 126 Å². The van der Waals surface area contributed by atoms with Crippen molar-refractivity contribution in [3.63, 3.8) is 0 Å². The van der Waals surface area contributed by atoms with Crippen LogP contribution in [0.15, 0.2) is 48.5 Å². The van der Waals surface area contributed by atoms with Crippen molar-refractivity contribution in [3.8, 4) is 0 Å². The van der Waals surface area contributed by atoms with E-state index in [0.717, 1.165) is 55.3 Å². The molecule has 2 fully saturated rings. The van der Waals surface area contributed by atoms with Crippen molar-refractivity contribution in [1.29, 1.82) is 0 Å². The lowest BCUT2D eigenvalue weighted by Crippen LogP contribution is -2.48. The standard InChI is InChI=1S/C36H51N3O7/c1-24-31(22-39-21-9-10-30(39)34(43)46-36(3,4)5)44-35(45-33(24)27-14-12-26(23-40)13-15-27)28-16-18-29(19-17-28)38-32(42)11-7-6-8-20-37-25(2)41/h12-19,24,30-31,33,35,40H,6-11,20-23H2,1-5H3,(H,37,41)(H,38,42)/t24-,30-,31+,33+,35+/m0/s1. The van der Waals surface area contributed by atoms with Crippen molar-refractivity contribution in [3.05, 3.63) is 65.2 Å². The Bertz CT molecular complexity index is 1290. The number of hydrogen-bond acceptors (Lipinski definition) is 8. The number of anilines is 1. The number of aliphatic hydroxyl groups is 1. The zero-order valence-corrected chi connectivity index (χ0v) is 27.9.